The lowest BCUT2D eigenvalue weighted by Crippen LogP contribution is -2.42. The molecule has 0 fully saturated rings. The number of aromatic nitrogens is 2. The SMILES string of the molecule is CC1Oc2ccc(NC(=O)N3CCc4nc[nH]c(=O)c4CC3)cc2N(C)C1=O. The molecule has 1 atom stereocenters. The smallest absolute Gasteiger partial charge is 0.321 e. The molecule has 2 N–H and O–H groups in total. The fraction of sp³-hybridized carbons (Fsp3) is 0.368. The number of amides is 3. The van der Waals surface area contributed by atoms with Gasteiger partial charge in [0.05, 0.1) is 17.7 Å². The molecule has 0 spiro atoms. The van der Waals surface area contributed by atoms with E-state index >= 15 is 0 Å². The Bertz CT molecular complexity index is 1000. The van der Waals surface area contributed by atoms with E-state index in [2.05, 4.69) is 15.3 Å². The Morgan fingerprint density at radius 3 is 2.89 bits per heavy atom. The Hall–Kier alpha value is -3.36. The third-order valence-electron chi connectivity index (χ3n) is 5.13. The van der Waals surface area contributed by atoms with Crippen LogP contribution in [0.2, 0.25) is 0 Å². The van der Waals surface area contributed by atoms with Crippen LogP contribution in [0.5, 0.6) is 5.75 Å². The van der Waals surface area contributed by atoms with Crippen LogP contribution in [0.1, 0.15) is 18.2 Å². The van der Waals surface area contributed by atoms with E-state index in [9.17, 15) is 14.4 Å². The number of aromatic amines is 1. The molecule has 2 aromatic rings. The molecule has 0 aliphatic carbocycles. The number of likely N-dealkylation sites (N-methyl/N-ethyl adjacent to an activating group) is 1. The number of nitrogens with zero attached hydrogens (tertiary/aromatic N) is 3. The van der Waals surface area contributed by atoms with Gasteiger partial charge in [-0.1, -0.05) is 0 Å². The number of H-pyrrole nitrogens is 1. The number of carbonyl (C=O) groups excluding carboxylic acids is 2. The van der Waals surface area contributed by atoms with Crippen molar-refractivity contribution in [3.05, 3.63) is 46.1 Å². The summed E-state index contributed by atoms with van der Waals surface area (Å²) < 4.78 is 5.60. The fourth-order valence-corrected chi connectivity index (χ4v) is 3.53. The zero-order valence-corrected chi connectivity index (χ0v) is 15.7. The van der Waals surface area contributed by atoms with Crippen molar-refractivity contribution in [1.82, 2.24) is 14.9 Å². The summed E-state index contributed by atoms with van der Waals surface area (Å²) in [5, 5.41) is 2.86. The van der Waals surface area contributed by atoms with Crippen LogP contribution in [-0.2, 0) is 17.6 Å². The molecular formula is C19H21N5O4. The molecule has 3 amide bonds. The van der Waals surface area contributed by atoms with Gasteiger partial charge in [-0.15, -0.1) is 0 Å². The molecule has 146 valence electrons. The van der Waals surface area contributed by atoms with Crippen molar-refractivity contribution in [3.63, 3.8) is 0 Å². The number of nitrogens with one attached hydrogen (secondary N) is 2. The maximum atomic E-state index is 12.7. The van der Waals surface area contributed by atoms with Crippen LogP contribution in [-0.4, -0.2) is 53.0 Å². The quantitative estimate of drug-likeness (QED) is 0.768. The Morgan fingerprint density at radius 2 is 2.07 bits per heavy atom. The number of rotatable bonds is 1. The van der Waals surface area contributed by atoms with E-state index in [-0.39, 0.29) is 17.5 Å². The Kier molecular flexibility index (Phi) is 4.50. The standard InChI is InChI=1S/C19H21N5O4/c1-11-18(26)23(2)15-9-12(3-4-16(15)28-11)22-19(27)24-7-5-13-14(6-8-24)20-10-21-17(13)25/h3-4,9-11H,5-8H2,1-2H3,(H,22,27)(H,20,21,25). The summed E-state index contributed by atoms with van der Waals surface area (Å²) in [5.41, 5.74) is 2.40. The number of ether oxygens (including phenoxy) is 1. The first kappa shape index (κ1) is 18.0. The van der Waals surface area contributed by atoms with Crippen molar-refractivity contribution in [2.45, 2.75) is 25.9 Å². The molecule has 0 saturated heterocycles. The molecule has 0 saturated carbocycles. The van der Waals surface area contributed by atoms with Crippen LogP contribution in [0.25, 0.3) is 0 Å². The van der Waals surface area contributed by atoms with Crippen LogP contribution in [0.4, 0.5) is 16.2 Å². The van der Waals surface area contributed by atoms with Gasteiger partial charge >= 0.3 is 6.03 Å². The number of anilines is 2. The molecule has 4 rings (SSSR count). The van der Waals surface area contributed by atoms with Crippen molar-refractivity contribution >= 4 is 23.3 Å². The van der Waals surface area contributed by atoms with Crippen molar-refractivity contribution in [2.24, 2.45) is 0 Å². The van der Waals surface area contributed by atoms with Gasteiger partial charge in [0, 0.05) is 37.8 Å². The van der Waals surface area contributed by atoms with Gasteiger partial charge in [-0.3, -0.25) is 9.59 Å². The summed E-state index contributed by atoms with van der Waals surface area (Å²) in [6, 6.07) is 4.94. The highest BCUT2D eigenvalue weighted by Crippen LogP contribution is 2.35. The molecular weight excluding hydrogens is 362 g/mol. The van der Waals surface area contributed by atoms with Gasteiger partial charge in [-0.05, 0) is 31.5 Å². The molecule has 9 nitrogen and oxygen atoms in total. The van der Waals surface area contributed by atoms with Crippen LogP contribution >= 0.6 is 0 Å². The molecule has 2 aliphatic heterocycles. The summed E-state index contributed by atoms with van der Waals surface area (Å²) in [4.78, 5) is 46.8. The second-order valence-corrected chi connectivity index (χ2v) is 6.91. The van der Waals surface area contributed by atoms with Gasteiger partial charge in [-0.25, -0.2) is 9.78 Å². The Morgan fingerprint density at radius 1 is 1.29 bits per heavy atom. The van der Waals surface area contributed by atoms with E-state index in [0.29, 0.717) is 48.6 Å². The number of hydrogen-bond donors (Lipinski definition) is 2. The number of carbonyl (C=O) groups is 2. The molecule has 0 bridgehead atoms. The average Bonchev–Trinajstić information content (AvgIpc) is 2.91. The maximum Gasteiger partial charge on any atom is 0.321 e. The highest BCUT2D eigenvalue weighted by atomic mass is 16.5. The highest BCUT2D eigenvalue weighted by molar-refractivity contribution is 6.00. The van der Waals surface area contributed by atoms with E-state index in [1.807, 2.05) is 0 Å². The number of hydrogen-bond acceptors (Lipinski definition) is 5. The minimum absolute atomic E-state index is 0.140. The van der Waals surface area contributed by atoms with E-state index < -0.39 is 6.10 Å². The molecule has 0 radical (unpaired) electrons. The summed E-state index contributed by atoms with van der Waals surface area (Å²) >= 11 is 0. The highest BCUT2D eigenvalue weighted by Gasteiger charge is 2.29. The number of fused-ring (bicyclic) bond motifs is 2. The number of benzene rings is 1. The summed E-state index contributed by atoms with van der Waals surface area (Å²) in [5.74, 6) is 0.460. The summed E-state index contributed by atoms with van der Waals surface area (Å²) in [6.07, 6.45) is 1.84. The van der Waals surface area contributed by atoms with E-state index in [0.717, 1.165) is 5.69 Å². The normalized spacial score (nSPS) is 18.6. The third-order valence-corrected chi connectivity index (χ3v) is 5.13. The van der Waals surface area contributed by atoms with Crippen molar-refractivity contribution in [2.75, 3.05) is 30.4 Å². The molecule has 2 aliphatic rings. The summed E-state index contributed by atoms with van der Waals surface area (Å²) in [7, 11) is 1.68. The second-order valence-electron chi connectivity index (χ2n) is 6.91. The van der Waals surface area contributed by atoms with Crippen LogP contribution in [0, 0.1) is 0 Å². The molecule has 9 heteroatoms. The monoisotopic (exact) mass is 383 g/mol. The first-order valence-corrected chi connectivity index (χ1v) is 9.13. The minimum atomic E-state index is -0.534. The van der Waals surface area contributed by atoms with Gasteiger partial charge in [-0.2, -0.15) is 0 Å². The maximum absolute atomic E-state index is 12.7. The lowest BCUT2D eigenvalue weighted by Gasteiger charge is -2.30. The molecule has 1 unspecified atom stereocenters. The van der Waals surface area contributed by atoms with Crippen LogP contribution < -0.4 is 20.5 Å². The Labute approximate surface area is 161 Å². The van der Waals surface area contributed by atoms with E-state index in [1.165, 1.54) is 11.2 Å². The van der Waals surface area contributed by atoms with Gasteiger partial charge < -0.3 is 24.8 Å². The largest absolute Gasteiger partial charge is 0.479 e. The minimum Gasteiger partial charge on any atom is -0.479 e. The van der Waals surface area contributed by atoms with Crippen molar-refractivity contribution in [1.29, 1.82) is 0 Å². The van der Waals surface area contributed by atoms with Crippen LogP contribution in [0.15, 0.2) is 29.3 Å². The molecule has 3 heterocycles. The second kappa shape index (κ2) is 6.99. The molecule has 1 aromatic carbocycles. The zero-order chi connectivity index (χ0) is 19.8. The topological polar surface area (TPSA) is 108 Å². The lowest BCUT2D eigenvalue weighted by atomic mass is 10.1. The van der Waals surface area contributed by atoms with Gasteiger partial charge in [0.25, 0.3) is 11.5 Å². The van der Waals surface area contributed by atoms with Crippen molar-refractivity contribution < 1.29 is 14.3 Å². The van der Waals surface area contributed by atoms with E-state index in [4.69, 9.17) is 4.74 Å². The summed E-state index contributed by atoms with van der Waals surface area (Å²) in [6.45, 7) is 2.60. The first-order valence-electron chi connectivity index (χ1n) is 9.13. The van der Waals surface area contributed by atoms with Gasteiger partial charge in [0.2, 0.25) is 0 Å². The fourth-order valence-electron chi connectivity index (χ4n) is 3.53. The van der Waals surface area contributed by atoms with Gasteiger partial charge in [0.15, 0.2) is 6.10 Å². The van der Waals surface area contributed by atoms with E-state index in [1.54, 1.807) is 37.1 Å². The predicted molar refractivity (Wildman–Crippen MR) is 103 cm³/mol. The third kappa shape index (κ3) is 3.19. The zero-order valence-electron chi connectivity index (χ0n) is 15.7. The van der Waals surface area contributed by atoms with Gasteiger partial charge in [0.1, 0.15) is 5.75 Å². The lowest BCUT2D eigenvalue weighted by molar-refractivity contribution is -0.125. The molecule has 1 aromatic heterocycles. The Balaban J connectivity index is 1.48. The van der Waals surface area contributed by atoms with Crippen molar-refractivity contribution in [3.8, 4) is 5.75 Å². The average molecular weight is 383 g/mol. The number of urea groups is 1. The predicted octanol–water partition coefficient (Wildman–Crippen LogP) is 1.15. The first-order chi connectivity index (χ1) is 13.4. The molecule has 28 heavy (non-hydrogen) atoms. The van der Waals surface area contributed by atoms with Crippen LogP contribution in [0.3, 0.4) is 0 Å².